The Labute approximate surface area is 97.3 Å². The number of hydrogen-bond donors (Lipinski definition) is 1. The lowest BCUT2D eigenvalue weighted by atomic mass is 9.96. The van der Waals surface area contributed by atoms with E-state index < -0.39 is 0 Å². The van der Waals surface area contributed by atoms with Crippen LogP contribution in [0, 0.1) is 17.8 Å². The number of aliphatic hydroxyl groups excluding tert-OH is 1. The van der Waals surface area contributed by atoms with Crippen molar-refractivity contribution in [3.05, 3.63) is 35.9 Å². The molecule has 0 radical (unpaired) electrons. The summed E-state index contributed by atoms with van der Waals surface area (Å²) < 4.78 is 5.64. The van der Waals surface area contributed by atoms with Gasteiger partial charge in [-0.25, -0.2) is 0 Å². The Bertz CT molecular complexity index is 349. The maximum absolute atomic E-state index is 9.12. The molecule has 0 unspecified atom stereocenters. The fourth-order valence-electron chi connectivity index (χ4n) is 1.22. The lowest BCUT2D eigenvalue weighted by Gasteiger charge is -2.23. The molecule has 1 aromatic carbocycles. The molecule has 0 fully saturated rings. The molecule has 1 N–H and O–H groups in total. The number of terminal acetylenes is 1. The highest BCUT2D eigenvalue weighted by Gasteiger charge is 2.19. The van der Waals surface area contributed by atoms with Crippen LogP contribution in [0.4, 0.5) is 0 Å². The third kappa shape index (κ3) is 3.69. The molecular formula is C14H18O2. The molecule has 2 heteroatoms. The van der Waals surface area contributed by atoms with Crippen molar-refractivity contribution >= 4 is 0 Å². The molecule has 0 bridgehead atoms. The minimum Gasteiger partial charge on any atom is -0.396 e. The van der Waals surface area contributed by atoms with Gasteiger partial charge in [0.25, 0.3) is 0 Å². The first-order chi connectivity index (χ1) is 7.59. The summed E-state index contributed by atoms with van der Waals surface area (Å²) in [6, 6.07) is 9.68. The van der Waals surface area contributed by atoms with Crippen LogP contribution in [0.15, 0.2) is 30.3 Å². The first-order valence-electron chi connectivity index (χ1n) is 5.32. The Balaban J connectivity index is 2.62. The van der Waals surface area contributed by atoms with Gasteiger partial charge in [0.1, 0.15) is 6.10 Å². The molecule has 0 amide bonds. The molecule has 0 heterocycles. The molecule has 1 atom stereocenters. The van der Waals surface area contributed by atoms with E-state index in [1.165, 1.54) is 0 Å². The SMILES string of the molecule is C#C[C@@H](OCC(C)(C)CO)c1ccccc1. The third-order valence-electron chi connectivity index (χ3n) is 2.32. The van der Waals surface area contributed by atoms with E-state index in [0.717, 1.165) is 5.56 Å². The highest BCUT2D eigenvalue weighted by molar-refractivity contribution is 5.23. The number of aliphatic hydroxyl groups is 1. The second kappa shape index (κ2) is 5.69. The zero-order chi connectivity index (χ0) is 12.0. The van der Waals surface area contributed by atoms with Gasteiger partial charge in [-0.2, -0.15) is 0 Å². The minimum atomic E-state index is -0.341. The van der Waals surface area contributed by atoms with Crippen molar-refractivity contribution in [1.82, 2.24) is 0 Å². The molecule has 0 aliphatic carbocycles. The van der Waals surface area contributed by atoms with Gasteiger partial charge >= 0.3 is 0 Å². The average Bonchev–Trinajstić information content (AvgIpc) is 2.31. The maximum Gasteiger partial charge on any atom is 0.143 e. The van der Waals surface area contributed by atoms with Gasteiger partial charge in [0.15, 0.2) is 0 Å². The molecule has 1 aromatic rings. The smallest absolute Gasteiger partial charge is 0.143 e. The lowest BCUT2D eigenvalue weighted by molar-refractivity contribution is 0.00412. The summed E-state index contributed by atoms with van der Waals surface area (Å²) in [7, 11) is 0. The fraction of sp³-hybridized carbons (Fsp3) is 0.429. The predicted octanol–water partition coefficient (Wildman–Crippen LogP) is 2.40. The number of ether oxygens (including phenoxy) is 1. The van der Waals surface area contributed by atoms with Gasteiger partial charge in [-0.05, 0) is 5.56 Å². The van der Waals surface area contributed by atoms with Crippen molar-refractivity contribution in [1.29, 1.82) is 0 Å². The summed E-state index contributed by atoms with van der Waals surface area (Å²) in [4.78, 5) is 0. The second-order valence-corrected chi connectivity index (χ2v) is 4.59. The standard InChI is InChI=1S/C14H18O2/c1-4-13(12-8-6-5-7-9-12)16-11-14(2,3)10-15/h1,5-9,13,15H,10-11H2,2-3H3/t13-/m1/s1. The monoisotopic (exact) mass is 218 g/mol. The van der Waals surface area contributed by atoms with Crippen molar-refractivity contribution in [2.45, 2.75) is 20.0 Å². The van der Waals surface area contributed by atoms with E-state index in [9.17, 15) is 0 Å². The molecule has 86 valence electrons. The van der Waals surface area contributed by atoms with Crippen LogP contribution in [0.3, 0.4) is 0 Å². The number of rotatable bonds is 5. The summed E-state index contributed by atoms with van der Waals surface area (Å²) in [5.41, 5.74) is 0.711. The largest absolute Gasteiger partial charge is 0.396 e. The maximum atomic E-state index is 9.12. The summed E-state index contributed by atoms with van der Waals surface area (Å²) in [5, 5.41) is 9.12. The molecule has 16 heavy (non-hydrogen) atoms. The van der Waals surface area contributed by atoms with Crippen LogP contribution in [-0.2, 0) is 4.74 Å². The highest BCUT2D eigenvalue weighted by atomic mass is 16.5. The number of hydrogen-bond acceptors (Lipinski definition) is 2. The Morgan fingerprint density at radius 3 is 2.50 bits per heavy atom. The summed E-state index contributed by atoms with van der Waals surface area (Å²) in [5.74, 6) is 2.61. The van der Waals surface area contributed by atoms with Gasteiger partial charge in [0, 0.05) is 5.41 Å². The summed E-state index contributed by atoms with van der Waals surface area (Å²) in [6.45, 7) is 4.39. The normalized spacial score (nSPS) is 13.1. The first kappa shape index (κ1) is 12.8. The van der Waals surface area contributed by atoms with E-state index in [0.29, 0.717) is 6.61 Å². The first-order valence-corrected chi connectivity index (χ1v) is 5.32. The Kier molecular flexibility index (Phi) is 4.54. The Morgan fingerprint density at radius 1 is 1.38 bits per heavy atom. The fourth-order valence-corrected chi connectivity index (χ4v) is 1.22. The van der Waals surface area contributed by atoms with Crippen LogP contribution in [0.5, 0.6) is 0 Å². The summed E-state index contributed by atoms with van der Waals surface area (Å²) in [6.07, 6.45) is 5.10. The van der Waals surface area contributed by atoms with E-state index in [4.69, 9.17) is 16.3 Å². The Hall–Kier alpha value is -1.30. The van der Waals surface area contributed by atoms with Crippen LogP contribution >= 0.6 is 0 Å². The topological polar surface area (TPSA) is 29.5 Å². The van der Waals surface area contributed by atoms with Crippen molar-refractivity contribution < 1.29 is 9.84 Å². The van der Waals surface area contributed by atoms with E-state index in [2.05, 4.69) is 5.92 Å². The zero-order valence-corrected chi connectivity index (χ0v) is 9.81. The predicted molar refractivity (Wildman–Crippen MR) is 64.8 cm³/mol. The molecule has 0 aliphatic rings. The van der Waals surface area contributed by atoms with E-state index in [1.807, 2.05) is 44.2 Å². The van der Waals surface area contributed by atoms with Gasteiger partial charge in [-0.3, -0.25) is 0 Å². The van der Waals surface area contributed by atoms with Crippen LogP contribution in [0.25, 0.3) is 0 Å². The van der Waals surface area contributed by atoms with Gasteiger partial charge in [0.05, 0.1) is 13.2 Å². The van der Waals surface area contributed by atoms with Crippen molar-refractivity contribution in [3.8, 4) is 12.3 Å². The molecule has 0 aliphatic heterocycles. The summed E-state index contributed by atoms with van der Waals surface area (Å²) >= 11 is 0. The molecule has 0 saturated heterocycles. The second-order valence-electron chi connectivity index (χ2n) is 4.59. The molecule has 0 aromatic heterocycles. The van der Waals surface area contributed by atoms with Crippen LogP contribution in [0.2, 0.25) is 0 Å². The highest BCUT2D eigenvalue weighted by Crippen LogP contribution is 2.21. The van der Waals surface area contributed by atoms with E-state index >= 15 is 0 Å². The Morgan fingerprint density at radius 2 is 2.00 bits per heavy atom. The average molecular weight is 218 g/mol. The van der Waals surface area contributed by atoms with Gasteiger partial charge < -0.3 is 9.84 Å². The van der Waals surface area contributed by atoms with E-state index in [1.54, 1.807) is 0 Å². The number of benzene rings is 1. The zero-order valence-electron chi connectivity index (χ0n) is 9.81. The quantitative estimate of drug-likeness (QED) is 0.769. The van der Waals surface area contributed by atoms with Gasteiger partial charge in [-0.1, -0.05) is 50.1 Å². The van der Waals surface area contributed by atoms with Crippen molar-refractivity contribution in [2.75, 3.05) is 13.2 Å². The molecular weight excluding hydrogens is 200 g/mol. The minimum absolute atomic E-state index is 0.0824. The van der Waals surface area contributed by atoms with Crippen molar-refractivity contribution in [3.63, 3.8) is 0 Å². The lowest BCUT2D eigenvalue weighted by Crippen LogP contribution is -2.24. The third-order valence-corrected chi connectivity index (χ3v) is 2.32. The molecule has 0 saturated carbocycles. The molecule has 2 nitrogen and oxygen atoms in total. The van der Waals surface area contributed by atoms with E-state index in [-0.39, 0.29) is 18.1 Å². The van der Waals surface area contributed by atoms with Gasteiger partial charge in [-0.15, -0.1) is 6.42 Å². The van der Waals surface area contributed by atoms with Crippen LogP contribution < -0.4 is 0 Å². The van der Waals surface area contributed by atoms with Crippen LogP contribution in [-0.4, -0.2) is 18.3 Å². The van der Waals surface area contributed by atoms with Gasteiger partial charge in [0.2, 0.25) is 0 Å². The molecule has 1 rings (SSSR count). The van der Waals surface area contributed by atoms with Crippen LogP contribution in [0.1, 0.15) is 25.5 Å². The van der Waals surface area contributed by atoms with Crippen molar-refractivity contribution in [2.24, 2.45) is 5.41 Å². The molecule has 0 spiro atoms.